The molecule has 1 aromatic rings. The van der Waals surface area contributed by atoms with E-state index in [-0.39, 0.29) is 5.84 Å². The maximum absolute atomic E-state index is 13.2. The van der Waals surface area contributed by atoms with Crippen molar-refractivity contribution < 1.29 is 9.60 Å². The van der Waals surface area contributed by atoms with E-state index in [1.165, 1.54) is 18.6 Å². The summed E-state index contributed by atoms with van der Waals surface area (Å²) >= 11 is 0. The molecule has 1 aromatic carbocycles. The molecule has 1 aliphatic heterocycles. The van der Waals surface area contributed by atoms with Crippen LogP contribution in [0.1, 0.15) is 17.5 Å². The number of benzene rings is 1. The second kappa shape index (κ2) is 6.67. The number of nitrogens with two attached hydrogens (primary N) is 1. The van der Waals surface area contributed by atoms with E-state index in [0.717, 1.165) is 25.2 Å². The topological polar surface area (TPSA) is 73.9 Å². The molecule has 1 atom stereocenters. The fourth-order valence-corrected chi connectivity index (χ4v) is 2.60. The third-order valence-electron chi connectivity index (χ3n) is 3.69. The lowest BCUT2D eigenvalue weighted by atomic mass is 10.1. The van der Waals surface area contributed by atoms with Gasteiger partial charge in [0.05, 0.1) is 0 Å². The van der Waals surface area contributed by atoms with Crippen LogP contribution in [-0.4, -0.2) is 42.6 Å². The van der Waals surface area contributed by atoms with E-state index >= 15 is 0 Å². The highest BCUT2D eigenvalue weighted by Crippen LogP contribution is 2.14. The van der Waals surface area contributed by atoms with Crippen molar-refractivity contribution in [3.8, 4) is 0 Å². The van der Waals surface area contributed by atoms with Gasteiger partial charge in [-0.2, -0.15) is 0 Å². The molecule has 5 nitrogen and oxygen atoms in total. The summed E-state index contributed by atoms with van der Waals surface area (Å²) in [6, 6.07) is 4.33. The summed E-state index contributed by atoms with van der Waals surface area (Å²) in [6.45, 7) is 3.73. The highest BCUT2D eigenvalue weighted by molar-refractivity contribution is 5.98. The molecule has 1 aliphatic rings. The van der Waals surface area contributed by atoms with E-state index in [9.17, 15) is 4.39 Å². The standard InChI is InChI=1S/C14H21FN4O/c1-19-5-4-10(9-19)7-17-8-11-2-3-12(15)6-13(11)14(16)18-20/h2-3,6,10,17,20H,4-5,7-9H2,1H3,(H2,16,18). The normalized spacial score (nSPS) is 20.5. The van der Waals surface area contributed by atoms with Crippen LogP contribution in [0.25, 0.3) is 0 Å². The molecule has 1 heterocycles. The van der Waals surface area contributed by atoms with E-state index < -0.39 is 5.82 Å². The quantitative estimate of drug-likeness (QED) is 0.325. The van der Waals surface area contributed by atoms with Crippen LogP contribution in [0.4, 0.5) is 4.39 Å². The Labute approximate surface area is 118 Å². The molecule has 1 fully saturated rings. The van der Waals surface area contributed by atoms with Gasteiger partial charge in [-0.1, -0.05) is 11.2 Å². The van der Waals surface area contributed by atoms with Crippen molar-refractivity contribution in [1.82, 2.24) is 10.2 Å². The average Bonchev–Trinajstić information content (AvgIpc) is 2.85. The van der Waals surface area contributed by atoms with Crippen molar-refractivity contribution in [1.29, 1.82) is 0 Å². The van der Waals surface area contributed by atoms with Crippen molar-refractivity contribution in [2.24, 2.45) is 16.8 Å². The van der Waals surface area contributed by atoms with Crippen LogP contribution < -0.4 is 11.1 Å². The summed E-state index contributed by atoms with van der Waals surface area (Å²) in [5.74, 6) is 0.183. The van der Waals surface area contributed by atoms with Crippen molar-refractivity contribution in [3.05, 3.63) is 35.1 Å². The van der Waals surface area contributed by atoms with Crippen molar-refractivity contribution >= 4 is 5.84 Å². The number of halogens is 1. The predicted molar refractivity (Wildman–Crippen MR) is 76.2 cm³/mol. The first-order valence-corrected chi connectivity index (χ1v) is 6.75. The van der Waals surface area contributed by atoms with E-state index in [0.29, 0.717) is 18.0 Å². The second-order valence-electron chi connectivity index (χ2n) is 5.33. The Morgan fingerprint density at radius 2 is 2.40 bits per heavy atom. The number of amidine groups is 1. The zero-order valence-electron chi connectivity index (χ0n) is 11.6. The first-order chi connectivity index (χ1) is 9.60. The van der Waals surface area contributed by atoms with E-state index in [4.69, 9.17) is 10.9 Å². The number of oxime groups is 1. The molecule has 20 heavy (non-hydrogen) atoms. The summed E-state index contributed by atoms with van der Waals surface area (Å²) in [4.78, 5) is 2.31. The minimum Gasteiger partial charge on any atom is -0.409 e. The van der Waals surface area contributed by atoms with Crippen LogP contribution in [0.3, 0.4) is 0 Å². The van der Waals surface area contributed by atoms with Gasteiger partial charge in [-0.15, -0.1) is 0 Å². The molecule has 0 bridgehead atoms. The Morgan fingerprint density at radius 1 is 1.60 bits per heavy atom. The first kappa shape index (κ1) is 14.7. The number of likely N-dealkylation sites (tertiary alicyclic amines) is 1. The number of hydrogen-bond acceptors (Lipinski definition) is 4. The highest BCUT2D eigenvalue weighted by Gasteiger charge is 2.18. The molecule has 0 aliphatic carbocycles. The van der Waals surface area contributed by atoms with Crippen LogP contribution in [-0.2, 0) is 6.54 Å². The molecular formula is C14H21FN4O. The molecular weight excluding hydrogens is 259 g/mol. The van der Waals surface area contributed by atoms with E-state index in [1.54, 1.807) is 6.07 Å². The van der Waals surface area contributed by atoms with Crippen molar-refractivity contribution in [2.75, 3.05) is 26.7 Å². The summed E-state index contributed by atoms with van der Waals surface area (Å²) < 4.78 is 13.2. The predicted octanol–water partition coefficient (Wildman–Crippen LogP) is 0.962. The van der Waals surface area contributed by atoms with Crippen LogP contribution in [0.15, 0.2) is 23.4 Å². The molecule has 0 saturated carbocycles. The number of hydrogen-bond donors (Lipinski definition) is 3. The monoisotopic (exact) mass is 280 g/mol. The minimum atomic E-state index is -0.396. The van der Waals surface area contributed by atoms with Gasteiger partial charge in [0.1, 0.15) is 5.82 Å². The van der Waals surface area contributed by atoms with Gasteiger partial charge in [0.25, 0.3) is 0 Å². The first-order valence-electron chi connectivity index (χ1n) is 6.75. The number of nitrogens with one attached hydrogen (secondary N) is 1. The van der Waals surface area contributed by atoms with Gasteiger partial charge in [0, 0.05) is 18.7 Å². The molecule has 0 spiro atoms. The highest BCUT2D eigenvalue weighted by atomic mass is 19.1. The lowest BCUT2D eigenvalue weighted by Gasteiger charge is -2.13. The molecule has 110 valence electrons. The zero-order chi connectivity index (χ0) is 14.5. The Bertz CT molecular complexity index is 492. The summed E-state index contributed by atoms with van der Waals surface area (Å²) in [7, 11) is 2.12. The second-order valence-corrected chi connectivity index (χ2v) is 5.33. The van der Waals surface area contributed by atoms with Gasteiger partial charge >= 0.3 is 0 Å². The van der Waals surface area contributed by atoms with Gasteiger partial charge in [-0.25, -0.2) is 4.39 Å². The molecule has 0 amide bonds. The third kappa shape index (κ3) is 3.68. The largest absolute Gasteiger partial charge is 0.409 e. The van der Waals surface area contributed by atoms with Gasteiger partial charge < -0.3 is 21.2 Å². The molecule has 1 unspecified atom stereocenters. The summed E-state index contributed by atoms with van der Waals surface area (Å²) in [5, 5.41) is 15.1. The molecule has 4 N–H and O–H groups in total. The third-order valence-corrected chi connectivity index (χ3v) is 3.69. The van der Waals surface area contributed by atoms with Crippen LogP contribution in [0, 0.1) is 11.7 Å². The van der Waals surface area contributed by atoms with Crippen LogP contribution in [0.5, 0.6) is 0 Å². The molecule has 2 rings (SSSR count). The van der Waals surface area contributed by atoms with Crippen molar-refractivity contribution in [2.45, 2.75) is 13.0 Å². The molecule has 0 aromatic heterocycles. The van der Waals surface area contributed by atoms with Gasteiger partial charge in [-0.05, 0) is 50.2 Å². The number of nitrogens with zero attached hydrogens (tertiary/aromatic N) is 2. The molecule has 6 heteroatoms. The maximum Gasteiger partial charge on any atom is 0.170 e. The minimum absolute atomic E-state index is 0.0677. The van der Waals surface area contributed by atoms with Crippen molar-refractivity contribution in [3.63, 3.8) is 0 Å². The molecule has 0 radical (unpaired) electrons. The smallest absolute Gasteiger partial charge is 0.170 e. The van der Waals surface area contributed by atoms with E-state index in [1.807, 2.05) is 0 Å². The van der Waals surface area contributed by atoms with Crippen LogP contribution >= 0.6 is 0 Å². The summed E-state index contributed by atoms with van der Waals surface area (Å²) in [5.41, 5.74) is 6.84. The Hall–Kier alpha value is -1.66. The van der Waals surface area contributed by atoms with Crippen LogP contribution in [0.2, 0.25) is 0 Å². The number of rotatable bonds is 5. The maximum atomic E-state index is 13.2. The fourth-order valence-electron chi connectivity index (χ4n) is 2.60. The fraction of sp³-hybridized carbons (Fsp3) is 0.500. The Kier molecular flexibility index (Phi) is 4.92. The SMILES string of the molecule is CN1CCC(CNCc2ccc(F)cc2C(N)=NO)C1. The summed E-state index contributed by atoms with van der Waals surface area (Å²) in [6.07, 6.45) is 1.19. The Balaban J connectivity index is 1.95. The Morgan fingerprint density at radius 3 is 3.05 bits per heavy atom. The van der Waals surface area contributed by atoms with Gasteiger partial charge in [-0.3, -0.25) is 0 Å². The average molecular weight is 280 g/mol. The van der Waals surface area contributed by atoms with E-state index in [2.05, 4.69) is 22.4 Å². The van der Waals surface area contributed by atoms with Gasteiger partial charge in [0.15, 0.2) is 5.84 Å². The zero-order valence-corrected chi connectivity index (χ0v) is 11.6. The lowest BCUT2D eigenvalue weighted by molar-refractivity contribution is 0.318. The van der Waals surface area contributed by atoms with Gasteiger partial charge in [0.2, 0.25) is 0 Å². The molecule has 1 saturated heterocycles. The lowest BCUT2D eigenvalue weighted by Crippen LogP contribution is -2.26.